The molecule has 0 aliphatic rings. The number of anilines is 2. The van der Waals surface area contributed by atoms with E-state index in [-0.39, 0.29) is 12.5 Å². The monoisotopic (exact) mass is 251 g/mol. The van der Waals surface area contributed by atoms with Crippen LogP contribution >= 0.6 is 0 Å². The first-order chi connectivity index (χ1) is 8.49. The maximum Gasteiger partial charge on any atom is 0.239 e. The van der Waals surface area contributed by atoms with Crippen molar-refractivity contribution >= 4 is 17.5 Å². The zero-order chi connectivity index (χ0) is 13.7. The van der Waals surface area contributed by atoms with Gasteiger partial charge in [-0.2, -0.15) is 0 Å². The van der Waals surface area contributed by atoms with Crippen LogP contribution in [0, 0.1) is 13.8 Å². The van der Waals surface area contributed by atoms with Gasteiger partial charge < -0.3 is 16.0 Å². The number of nitrogens with two attached hydrogens (primary N) is 1. The van der Waals surface area contributed by atoms with Gasteiger partial charge in [0, 0.05) is 18.7 Å². The van der Waals surface area contributed by atoms with Gasteiger partial charge in [0.25, 0.3) is 0 Å². The summed E-state index contributed by atoms with van der Waals surface area (Å²) in [4.78, 5) is 22.0. The number of likely N-dealkylation sites (N-methyl/N-ethyl adjacent to an activating group) is 2. The van der Waals surface area contributed by atoms with Gasteiger partial charge in [0.05, 0.1) is 6.54 Å². The van der Waals surface area contributed by atoms with E-state index < -0.39 is 0 Å². The van der Waals surface area contributed by atoms with E-state index in [1.54, 1.807) is 6.92 Å². The van der Waals surface area contributed by atoms with Crippen LogP contribution in [0.1, 0.15) is 25.2 Å². The summed E-state index contributed by atoms with van der Waals surface area (Å²) in [6.07, 6.45) is 0. The van der Waals surface area contributed by atoms with Gasteiger partial charge in [-0.1, -0.05) is 0 Å². The maximum atomic E-state index is 11.6. The molecule has 0 fully saturated rings. The molecule has 0 saturated heterocycles. The van der Waals surface area contributed by atoms with Gasteiger partial charge >= 0.3 is 0 Å². The number of aromatic nitrogens is 2. The zero-order valence-electron chi connectivity index (χ0n) is 11.4. The topological polar surface area (TPSA) is 84.1 Å². The molecule has 0 unspecified atom stereocenters. The number of carbonyl (C=O) groups is 1. The van der Waals surface area contributed by atoms with Gasteiger partial charge in [-0.25, -0.2) is 9.97 Å². The van der Waals surface area contributed by atoms with Crippen molar-refractivity contribution in [1.29, 1.82) is 0 Å². The first kappa shape index (κ1) is 14.2. The fourth-order valence-corrected chi connectivity index (χ4v) is 1.71. The molecule has 0 aliphatic carbocycles. The SMILES string of the molecule is CCNC(=O)CN(CC)c1nc(C)nc(N)c1C. The number of rotatable bonds is 5. The third-order valence-electron chi connectivity index (χ3n) is 2.66. The molecule has 0 saturated carbocycles. The molecule has 100 valence electrons. The van der Waals surface area contributed by atoms with E-state index in [1.165, 1.54) is 0 Å². The molecule has 1 heterocycles. The van der Waals surface area contributed by atoms with Crippen molar-refractivity contribution in [2.75, 3.05) is 30.3 Å². The molecule has 0 atom stereocenters. The Balaban J connectivity index is 2.98. The Morgan fingerprint density at radius 1 is 1.33 bits per heavy atom. The highest BCUT2D eigenvalue weighted by molar-refractivity contribution is 5.81. The summed E-state index contributed by atoms with van der Waals surface area (Å²) in [6.45, 7) is 9.12. The average molecular weight is 251 g/mol. The molecule has 6 nitrogen and oxygen atoms in total. The number of carbonyl (C=O) groups excluding carboxylic acids is 1. The number of nitrogens with one attached hydrogen (secondary N) is 1. The summed E-state index contributed by atoms with van der Waals surface area (Å²) in [6, 6.07) is 0. The summed E-state index contributed by atoms with van der Waals surface area (Å²) in [7, 11) is 0. The van der Waals surface area contributed by atoms with Crippen LogP contribution < -0.4 is 16.0 Å². The molecule has 6 heteroatoms. The zero-order valence-corrected chi connectivity index (χ0v) is 11.4. The maximum absolute atomic E-state index is 11.6. The third kappa shape index (κ3) is 3.32. The van der Waals surface area contributed by atoms with Crippen molar-refractivity contribution in [3.8, 4) is 0 Å². The van der Waals surface area contributed by atoms with E-state index >= 15 is 0 Å². The minimum Gasteiger partial charge on any atom is -0.383 e. The van der Waals surface area contributed by atoms with E-state index in [0.717, 1.165) is 11.4 Å². The molecule has 3 N–H and O–H groups in total. The Hall–Kier alpha value is -1.85. The van der Waals surface area contributed by atoms with Crippen molar-refractivity contribution < 1.29 is 4.79 Å². The first-order valence-corrected chi connectivity index (χ1v) is 6.11. The minimum atomic E-state index is -0.0198. The molecule has 0 spiro atoms. The van der Waals surface area contributed by atoms with Gasteiger partial charge in [-0.15, -0.1) is 0 Å². The fourth-order valence-electron chi connectivity index (χ4n) is 1.71. The molecule has 0 aliphatic heterocycles. The molecule has 1 aromatic rings. The lowest BCUT2D eigenvalue weighted by atomic mass is 10.2. The highest BCUT2D eigenvalue weighted by Crippen LogP contribution is 2.20. The molecule has 0 radical (unpaired) electrons. The average Bonchev–Trinajstić information content (AvgIpc) is 2.31. The van der Waals surface area contributed by atoms with Gasteiger partial charge in [-0.05, 0) is 27.7 Å². The molecule has 0 bridgehead atoms. The van der Waals surface area contributed by atoms with E-state index in [9.17, 15) is 4.79 Å². The Bertz CT molecular complexity index is 433. The Kier molecular flexibility index (Phi) is 4.88. The lowest BCUT2D eigenvalue weighted by Crippen LogP contribution is -2.38. The van der Waals surface area contributed by atoms with Crippen LogP contribution in [0.15, 0.2) is 0 Å². The summed E-state index contributed by atoms with van der Waals surface area (Å²) in [5.41, 5.74) is 6.64. The van der Waals surface area contributed by atoms with Crippen LogP contribution in [0.25, 0.3) is 0 Å². The Morgan fingerprint density at radius 3 is 2.56 bits per heavy atom. The number of nitrogens with zero attached hydrogens (tertiary/aromatic N) is 3. The fraction of sp³-hybridized carbons (Fsp3) is 0.583. The summed E-state index contributed by atoms with van der Waals surface area (Å²) in [5, 5.41) is 2.77. The molecule has 1 amide bonds. The van der Waals surface area contributed by atoms with E-state index in [2.05, 4.69) is 15.3 Å². The standard InChI is InChI=1S/C12H21N5O/c1-5-14-10(18)7-17(6-2)12-8(3)11(13)15-9(4)16-12/h5-7H2,1-4H3,(H,14,18)(H2,13,15,16). The molecular weight excluding hydrogens is 230 g/mol. The molecule has 1 rings (SSSR count). The van der Waals surface area contributed by atoms with Crippen molar-refractivity contribution in [3.05, 3.63) is 11.4 Å². The van der Waals surface area contributed by atoms with Gasteiger partial charge in [0.2, 0.25) is 5.91 Å². The first-order valence-electron chi connectivity index (χ1n) is 6.11. The molecule has 0 aromatic carbocycles. The van der Waals surface area contributed by atoms with Crippen LogP contribution in [-0.2, 0) is 4.79 Å². The van der Waals surface area contributed by atoms with Crippen LogP contribution in [0.4, 0.5) is 11.6 Å². The highest BCUT2D eigenvalue weighted by Gasteiger charge is 2.15. The Labute approximate surface area is 108 Å². The highest BCUT2D eigenvalue weighted by atomic mass is 16.2. The van der Waals surface area contributed by atoms with Gasteiger partial charge in [-0.3, -0.25) is 4.79 Å². The summed E-state index contributed by atoms with van der Waals surface area (Å²) in [5.74, 6) is 1.79. The number of aryl methyl sites for hydroxylation is 1. The van der Waals surface area contributed by atoms with E-state index in [1.807, 2.05) is 25.7 Å². The van der Waals surface area contributed by atoms with E-state index in [4.69, 9.17) is 5.73 Å². The Morgan fingerprint density at radius 2 is 2.00 bits per heavy atom. The predicted molar refractivity (Wildman–Crippen MR) is 72.5 cm³/mol. The largest absolute Gasteiger partial charge is 0.383 e. The van der Waals surface area contributed by atoms with Gasteiger partial charge in [0.1, 0.15) is 17.5 Å². The number of amides is 1. The van der Waals surface area contributed by atoms with Crippen LogP contribution in [0.5, 0.6) is 0 Å². The summed E-state index contributed by atoms with van der Waals surface area (Å²) >= 11 is 0. The molecular formula is C12H21N5O. The molecule has 1 aromatic heterocycles. The van der Waals surface area contributed by atoms with Crippen LogP contribution in [0.2, 0.25) is 0 Å². The third-order valence-corrected chi connectivity index (χ3v) is 2.66. The number of nitrogen functional groups attached to an aromatic ring is 1. The predicted octanol–water partition coefficient (Wildman–Crippen LogP) is 0.638. The number of hydrogen-bond acceptors (Lipinski definition) is 5. The van der Waals surface area contributed by atoms with E-state index in [0.29, 0.717) is 24.7 Å². The van der Waals surface area contributed by atoms with Crippen molar-refractivity contribution in [1.82, 2.24) is 15.3 Å². The lowest BCUT2D eigenvalue weighted by Gasteiger charge is -2.23. The van der Waals surface area contributed by atoms with Crippen LogP contribution in [-0.4, -0.2) is 35.5 Å². The van der Waals surface area contributed by atoms with Crippen molar-refractivity contribution in [2.24, 2.45) is 0 Å². The second kappa shape index (κ2) is 6.18. The smallest absolute Gasteiger partial charge is 0.239 e. The minimum absolute atomic E-state index is 0.0198. The lowest BCUT2D eigenvalue weighted by molar-refractivity contribution is -0.119. The molecule has 18 heavy (non-hydrogen) atoms. The normalized spacial score (nSPS) is 10.2. The second-order valence-corrected chi connectivity index (χ2v) is 4.07. The van der Waals surface area contributed by atoms with Gasteiger partial charge in [0.15, 0.2) is 0 Å². The summed E-state index contributed by atoms with van der Waals surface area (Å²) < 4.78 is 0. The second-order valence-electron chi connectivity index (χ2n) is 4.07. The van der Waals surface area contributed by atoms with Crippen molar-refractivity contribution in [3.63, 3.8) is 0 Å². The van der Waals surface area contributed by atoms with Crippen LogP contribution in [0.3, 0.4) is 0 Å². The van der Waals surface area contributed by atoms with Crippen molar-refractivity contribution in [2.45, 2.75) is 27.7 Å². The quantitative estimate of drug-likeness (QED) is 0.802. The number of hydrogen-bond donors (Lipinski definition) is 2.